The van der Waals surface area contributed by atoms with Crippen molar-refractivity contribution in [3.05, 3.63) is 48.0 Å². The van der Waals surface area contributed by atoms with E-state index < -0.39 is 10.0 Å². The van der Waals surface area contributed by atoms with E-state index in [4.69, 9.17) is 4.74 Å². The van der Waals surface area contributed by atoms with Crippen molar-refractivity contribution in [1.29, 1.82) is 0 Å². The largest absolute Gasteiger partial charge is 0.380 e. The van der Waals surface area contributed by atoms with E-state index in [2.05, 4.69) is 9.97 Å². The maximum absolute atomic E-state index is 13.1. The summed E-state index contributed by atoms with van der Waals surface area (Å²) in [6.45, 7) is 0.342. The molecule has 0 spiro atoms. The van der Waals surface area contributed by atoms with Gasteiger partial charge in [0.2, 0.25) is 10.0 Å². The SMILES string of the molecule is CO[C@@H]1CC(c2ncc[nH]2)N(S(=O)(=O)c2ccc(C3CC3)cc2)C1. The molecule has 7 heteroatoms. The van der Waals surface area contributed by atoms with Gasteiger partial charge < -0.3 is 9.72 Å². The van der Waals surface area contributed by atoms with Crippen molar-refractivity contribution < 1.29 is 13.2 Å². The monoisotopic (exact) mass is 347 g/mol. The minimum absolute atomic E-state index is 0.124. The lowest BCUT2D eigenvalue weighted by molar-refractivity contribution is 0.114. The van der Waals surface area contributed by atoms with E-state index >= 15 is 0 Å². The normalized spacial score (nSPS) is 25.2. The van der Waals surface area contributed by atoms with E-state index in [9.17, 15) is 8.42 Å². The molecular formula is C17H21N3O3S. The summed E-state index contributed by atoms with van der Waals surface area (Å²) in [6.07, 6.45) is 6.24. The zero-order chi connectivity index (χ0) is 16.7. The minimum Gasteiger partial charge on any atom is -0.380 e. The molecule has 0 bridgehead atoms. The highest BCUT2D eigenvalue weighted by Crippen LogP contribution is 2.41. The Morgan fingerprint density at radius 3 is 2.58 bits per heavy atom. The van der Waals surface area contributed by atoms with Gasteiger partial charge >= 0.3 is 0 Å². The summed E-state index contributed by atoms with van der Waals surface area (Å²) >= 11 is 0. The molecule has 2 aliphatic rings. The van der Waals surface area contributed by atoms with Crippen molar-refractivity contribution in [2.45, 2.75) is 42.2 Å². The van der Waals surface area contributed by atoms with Crippen LogP contribution in [-0.2, 0) is 14.8 Å². The second-order valence-electron chi connectivity index (χ2n) is 6.50. The zero-order valence-corrected chi connectivity index (χ0v) is 14.4. The van der Waals surface area contributed by atoms with Crippen LogP contribution in [0.15, 0.2) is 41.6 Å². The Morgan fingerprint density at radius 2 is 2.00 bits per heavy atom. The van der Waals surface area contributed by atoms with Crippen molar-refractivity contribution in [1.82, 2.24) is 14.3 Å². The van der Waals surface area contributed by atoms with Gasteiger partial charge in [0, 0.05) is 26.0 Å². The first kappa shape index (κ1) is 15.8. The molecule has 2 heterocycles. The van der Waals surface area contributed by atoms with Crippen LogP contribution >= 0.6 is 0 Å². The fourth-order valence-corrected chi connectivity index (χ4v) is 5.01. The Morgan fingerprint density at radius 1 is 1.25 bits per heavy atom. The molecule has 1 N–H and O–H groups in total. The van der Waals surface area contributed by atoms with Crippen LogP contribution in [0, 0.1) is 0 Å². The first-order chi connectivity index (χ1) is 11.6. The van der Waals surface area contributed by atoms with Gasteiger partial charge in [-0.1, -0.05) is 12.1 Å². The van der Waals surface area contributed by atoms with Gasteiger partial charge in [0.1, 0.15) is 5.82 Å². The highest BCUT2D eigenvalue weighted by Gasteiger charge is 2.42. The number of nitrogens with one attached hydrogen (secondary N) is 1. The summed E-state index contributed by atoms with van der Waals surface area (Å²) in [4.78, 5) is 7.62. The average molecular weight is 347 g/mol. The Bertz CT molecular complexity index is 798. The Kier molecular flexibility index (Phi) is 3.94. The number of hydrogen-bond acceptors (Lipinski definition) is 4. The minimum atomic E-state index is -3.59. The van der Waals surface area contributed by atoms with Crippen LogP contribution in [-0.4, -0.2) is 42.4 Å². The Labute approximate surface area is 141 Å². The van der Waals surface area contributed by atoms with Gasteiger partial charge in [0.05, 0.1) is 17.0 Å². The quantitative estimate of drug-likeness (QED) is 0.901. The van der Waals surface area contributed by atoms with Gasteiger partial charge in [-0.15, -0.1) is 0 Å². The molecule has 1 saturated heterocycles. The van der Waals surface area contributed by atoms with Crippen LogP contribution < -0.4 is 0 Å². The number of nitrogens with zero attached hydrogens (tertiary/aromatic N) is 2. The van der Waals surface area contributed by atoms with Crippen LogP contribution in [0.25, 0.3) is 0 Å². The predicted molar refractivity (Wildman–Crippen MR) is 89.1 cm³/mol. The summed E-state index contributed by atoms with van der Waals surface area (Å²) in [5, 5.41) is 0. The molecule has 1 saturated carbocycles. The topological polar surface area (TPSA) is 75.3 Å². The molecule has 6 nitrogen and oxygen atoms in total. The lowest BCUT2D eigenvalue weighted by Crippen LogP contribution is -2.32. The fraction of sp³-hybridized carbons (Fsp3) is 0.471. The molecular weight excluding hydrogens is 326 g/mol. The summed E-state index contributed by atoms with van der Waals surface area (Å²) in [7, 11) is -1.97. The first-order valence-electron chi connectivity index (χ1n) is 8.23. The Balaban J connectivity index is 1.65. The number of aromatic nitrogens is 2. The van der Waals surface area contributed by atoms with Crippen LogP contribution in [0.3, 0.4) is 0 Å². The second kappa shape index (κ2) is 5.98. The van der Waals surface area contributed by atoms with E-state index in [1.807, 2.05) is 12.1 Å². The molecule has 0 amide bonds. The number of H-pyrrole nitrogens is 1. The van der Waals surface area contributed by atoms with Crippen LogP contribution in [0.5, 0.6) is 0 Å². The molecule has 0 radical (unpaired) electrons. The zero-order valence-electron chi connectivity index (χ0n) is 13.6. The van der Waals surface area contributed by atoms with E-state index in [0.29, 0.717) is 29.6 Å². The molecule has 24 heavy (non-hydrogen) atoms. The molecule has 2 fully saturated rings. The Hall–Kier alpha value is -1.70. The molecule has 1 aromatic carbocycles. The summed E-state index contributed by atoms with van der Waals surface area (Å²) in [6, 6.07) is 7.01. The fourth-order valence-electron chi connectivity index (χ4n) is 3.38. The molecule has 128 valence electrons. The van der Waals surface area contributed by atoms with Crippen molar-refractivity contribution >= 4 is 10.0 Å². The summed E-state index contributed by atoms with van der Waals surface area (Å²) in [5.41, 5.74) is 1.23. The van der Waals surface area contributed by atoms with Crippen molar-refractivity contribution in [2.75, 3.05) is 13.7 Å². The number of hydrogen-bond donors (Lipinski definition) is 1. The lowest BCUT2D eigenvalue weighted by Gasteiger charge is -2.22. The van der Waals surface area contributed by atoms with E-state index in [1.54, 1.807) is 31.6 Å². The highest BCUT2D eigenvalue weighted by molar-refractivity contribution is 7.89. The highest BCUT2D eigenvalue weighted by atomic mass is 32.2. The van der Waals surface area contributed by atoms with Crippen molar-refractivity contribution in [3.8, 4) is 0 Å². The van der Waals surface area contributed by atoms with Crippen LogP contribution in [0.4, 0.5) is 0 Å². The molecule has 2 aromatic rings. The number of methoxy groups -OCH3 is 1. The number of aromatic amines is 1. The maximum atomic E-state index is 13.1. The standard InChI is InChI=1S/C17H21N3O3S/c1-23-14-10-16(17-18-8-9-19-17)20(11-14)24(21,22)15-6-4-13(5-7-15)12-2-3-12/h4-9,12,14,16H,2-3,10-11H2,1H3,(H,18,19)/t14-,16?/m1/s1. The van der Waals surface area contributed by atoms with Crippen LogP contribution in [0.1, 0.15) is 42.6 Å². The second-order valence-corrected chi connectivity index (χ2v) is 8.39. The smallest absolute Gasteiger partial charge is 0.243 e. The number of benzene rings is 1. The summed E-state index contributed by atoms with van der Waals surface area (Å²) < 4.78 is 33.2. The maximum Gasteiger partial charge on any atom is 0.243 e. The van der Waals surface area contributed by atoms with Gasteiger partial charge in [0.15, 0.2) is 0 Å². The molecule has 4 rings (SSSR count). The third kappa shape index (κ3) is 2.76. The van der Waals surface area contributed by atoms with E-state index in [0.717, 1.165) is 0 Å². The van der Waals surface area contributed by atoms with Gasteiger partial charge in [-0.05, 0) is 42.9 Å². The third-order valence-corrected chi connectivity index (χ3v) is 6.81. The molecule has 1 aliphatic heterocycles. The summed E-state index contributed by atoms with van der Waals surface area (Å²) in [5.74, 6) is 1.27. The van der Waals surface area contributed by atoms with Crippen molar-refractivity contribution in [3.63, 3.8) is 0 Å². The first-order valence-corrected chi connectivity index (χ1v) is 9.67. The van der Waals surface area contributed by atoms with Gasteiger partial charge in [-0.25, -0.2) is 13.4 Å². The average Bonchev–Trinajstić information content (AvgIpc) is 3.12. The number of imidazole rings is 1. The van der Waals surface area contributed by atoms with Gasteiger partial charge in [-0.3, -0.25) is 0 Å². The predicted octanol–water partition coefficient (Wildman–Crippen LogP) is 2.44. The van der Waals surface area contributed by atoms with Crippen molar-refractivity contribution in [2.24, 2.45) is 0 Å². The lowest BCUT2D eigenvalue weighted by atomic mass is 10.1. The molecule has 1 aliphatic carbocycles. The number of sulfonamides is 1. The van der Waals surface area contributed by atoms with Gasteiger partial charge in [-0.2, -0.15) is 4.31 Å². The number of ether oxygens (including phenoxy) is 1. The van der Waals surface area contributed by atoms with Gasteiger partial charge in [0.25, 0.3) is 0 Å². The molecule has 1 unspecified atom stereocenters. The van der Waals surface area contributed by atoms with Crippen LogP contribution in [0.2, 0.25) is 0 Å². The van der Waals surface area contributed by atoms with E-state index in [1.165, 1.54) is 22.7 Å². The third-order valence-electron chi connectivity index (χ3n) is 4.92. The number of rotatable bonds is 5. The molecule has 1 aromatic heterocycles. The van der Waals surface area contributed by atoms with E-state index in [-0.39, 0.29) is 12.1 Å². The molecule has 2 atom stereocenters.